The van der Waals surface area contributed by atoms with E-state index in [9.17, 15) is 0 Å². The number of hydrogen-bond donors (Lipinski definition) is 0. The van der Waals surface area contributed by atoms with Gasteiger partial charge in [-0.25, -0.2) is 0 Å². The Morgan fingerprint density at radius 1 is 1.09 bits per heavy atom. The number of allylic oxidation sites excluding steroid dienone is 1. The van der Waals surface area contributed by atoms with Gasteiger partial charge < -0.3 is 14.2 Å². The Balaban J connectivity index is 1.64. The van der Waals surface area contributed by atoms with Crippen LogP contribution in [0.5, 0.6) is 0 Å². The lowest BCUT2D eigenvalue weighted by atomic mass is 9.78. The zero-order valence-corrected chi connectivity index (χ0v) is 13.3. The average Bonchev–Trinajstić information content (AvgIpc) is 2.92. The van der Waals surface area contributed by atoms with E-state index in [0.717, 1.165) is 12.8 Å². The molecule has 2 bridgehead atoms. The summed E-state index contributed by atoms with van der Waals surface area (Å²) in [5.41, 5.74) is 1.23. The molecule has 0 N–H and O–H groups in total. The number of ether oxygens (including phenoxy) is 3. The Labute approximate surface area is 133 Å². The third-order valence-electron chi connectivity index (χ3n) is 5.18. The van der Waals surface area contributed by atoms with E-state index in [4.69, 9.17) is 14.2 Å². The van der Waals surface area contributed by atoms with Gasteiger partial charge in [0.2, 0.25) is 0 Å². The Morgan fingerprint density at radius 2 is 1.86 bits per heavy atom. The van der Waals surface area contributed by atoms with Crippen LogP contribution >= 0.6 is 0 Å². The monoisotopic (exact) mass is 302 g/mol. The minimum Gasteiger partial charge on any atom is -0.373 e. The van der Waals surface area contributed by atoms with Crippen LogP contribution < -0.4 is 0 Å². The summed E-state index contributed by atoms with van der Waals surface area (Å²) in [5.74, 6) is 1.73. The smallest absolute Gasteiger partial charge is 0.146 e. The maximum atomic E-state index is 6.27. The topological polar surface area (TPSA) is 27.7 Å². The van der Waals surface area contributed by atoms with Gasteiger partial charge in [0.15, 0.2) is 0 Å². The molecule has 0 spiro atoms. The molecule has 0 aliphatic heterocycles. The predicted molar refractivity (Wildman–Crippen MR) is 86.3 cm³/mol. The summed E-state index contributed by atoms with van der Waals surface area (Å²) in [4.78, 5) is 0. The van der Waals surface area contributed by atoms with E-state index >= 15 is 0 Å². The van der Waals surface area contributed by atoms with Crippen molar-refractivity contribution in [2.24, 2.45) is 17.8 Å². The summed E-state index contributed by atoms with van der Waals surface area (Å²) in [5, 5.41) is 0. The minimum absolute atomic E-state index is 0.254. The first-order valence-corrected chi connectivity index (χ1v) is 8.20. The largest absolute Gasteiger partial charge is 0.373 e. The fourth-order valence-corrected chi connectivity index (χ4v) is 4.05. The van der Waals surface area contributed by atoms with E-state index in [1.165, 1.54) is 12.0 Å². The normalized spacial score (nSPS) is 33.8. The summed E-state index contributed by atoms with van der Waals surface area (Å²) in [7, 11) is 1.68. The highest BCUT2D eigenvalue weighted by molar-refractivity contribution is 5.13. The molecule has 2 fully saturated rings. The summed E-state index contributed by atoms with van der Waals surface area (Å²) >= 11 is 0. The lowest BCUT2D eigenvalue weighted by Gasteiger charge is -2.34. The Bertz CT molecular complexity index is 473. The van der Waals surface area contributed by atoms with E-state index in [-0.39, 0.29) is 12.2 Å². The highest BCUT2D eigenvalue weighted by Crippen LogP contribution is 2.48. The number of benzene rings is 1. The van der Waals surface area contributed by atoms with Gasteiger partial charge in [-0.3, -0.25) is 0 Å². The van der Waals surface area contributed by atoms with Crippen LogP contribution in [-0.2, 0) is 20.8 Å². The van der Waals surface area contributed by atoms with E-state index in [1.807, 2.05) is 6.07 Å². The molecule has 1 aromatic carbocycles. The SMILES string of the molecule is C=C[C@H]1C[C@H](OCc2ccccc2)[C@H]2C[C@@H]1C[C@H]2OCOC. The molecule has 3 heteroatoms. The molecule has 5 atom stereocenters. The second kappa shape index (κ2) is 7.40. The van der Waals surface area contributed by atoms with Gasteiger partial charge in [0.25, 0.3) is 0 Å². The van der Waals surface area contributed by atoms with Crippen LogP contribution in [0.1, 0.15) is 24.8 Å². The van der Waals surface area contributed by atoms with Crippen LogP contribution in [0.4, 0.5) is 0 Å². The van der Waals surface area contributed by atoms with Crippen LogP contribution in [0, 0.1) is 17.8 Å². The molecule has 3 nitrogen and oxygen atoms in total. The van der Waals surface area contributed by atoms with Gasteiger partial charge >= 0.3 is 0 Å². The number of fused-ring (bicyclic) bond motifs is 2. The van der Waals surface area contributed by atoms with Crippen molar-refractivity contribution in [3.05, 3.63) is 48.6 Å². The fourth-order valence-electron chi connectivity index (χ4n) is 4.05. The van der Waals surface area contributed by atoms with Crippen molar-refractivity contribution in [1.82, 2.24) is 0 Å². The van der Waals surface area contributed by atoms with Crippen LogP contribution in [0.2, 0.25) is 0 Å². The molecule has 2 saturated carbocycles. The third kappa shape index (κ3) is 3.43. The molecule has 120 valence electrons. The van der Waals surface area contributed by atoms with Gasteiger partial charge in [-0.05, 0) is 36.7 Å². The van der Waals surface area contributed by atoms with Crippen LogP contribution in [0.25, 0.3) is 0 Å². The number of hydrogen-bond acceptors (Lipinski definition) is 3. The van der Waals surface area contributed by atoms with E-state index in [1.54, 1.807) is 7.11 Å². The van der Waals surface area contributed by atoms with Crippen molar-refractivity contribution in [2.45, 2.75) is 38.1 Å². The average molecular weight is 302 g/mol. The predicted octanol–water partition coefficient (Wildman–Crippen LogP) is 3.79. The van der Waals surface area contributed by atoms with E-state index in [0.29, 0.717) is 31.2 Å². The lowest BCUT2D eigenvalue weighted by Crippen LogP contribution is -2.35. The van der Waals surface area contributed by atoms with Gasteiger partial charge in [0.1, 0.15) is 6.79 Å². The van der Waals surface area contributed by atoms with Gasteiger partial charge in [0.05, 0.1) is 18.8 Å². The van der Waals surface area contributed by atoms with Gasteiger partial charge in [-0.15, -0.1) is 6.58 Å². The molecule has 2 aliphatic carbocycles. The Hall–Kier alpha value is -1.16. The molecular formula is C19H26O3. The van der Waals surface area contributed by atoms with Crippen molar-refractivity contribution in [3.8, 4) is 0 Å². The summed E-state index contributed by atoms with van der Waals surface area (Å²) in [6.07, 6.45) is 5.98. The summed E-state index contributed by atoms with van der Waals surface area (Å²) < 4.78 is 17.3. The van der Waals surface area contributed by atoms with E-state index in [2.05, 4.69) is 36.9 Å². The second-order valence-corrected chi connectivity index (χ2v) is 6.48. The molecule has 0 saturated heterocycles. The summed E-state index contributed by atoms with van der Waals surface area (Å²) in [6, 6.07) is 10.4. The van der Waals surface area contributed by atoms with Crippen molar-refractivity contribution < 1.29 is 14.2 Å². The van der Waals surface area contributed by atoms with Crippen molar-refractivity contribution in [2.75, 3.05) is 13.9 Å². The maximum Gasteiger partial charge on any atom is 0.146 e. The molecular weight excluding hydrogens is 276 g/mol. The first-order valence-electron chi connectivity index (χ1n) is 8.20. The highest BCUT2D eigenvalue weighted by Gasteiger charge is 2.47. The molecule has 0 heterocycles. The molecule has 2 aliphatic rings. The molecule has 0 aromatic heterocycles. The molecule has 0 amide bonds. The first kappa shape index (κ1) is 15.7. The van der Waals surface area contributed by atoms with Crippen LogP contribution in [-0.4, -0.2) is 26.1 Å². The van der Waals surface area contributed by atoms with Crippen molar-refractivity contribution >= 4 is 0 Å². The van der Waals surface area contributed by atoms with Gasteiger partial charge in [-0.1, -0.05) is 36.4 Å². The first-order chi connectivity index (χ1) is 10.8. The lowest BCUT2D eigenvalue weighted by molar-refractivity contribution is -0.113. The number of rotatable bonds is 7. The third-order valence-corrected chi connectivity index (χ3v) is 5.18. The van der Waals surface area contributed by atoms with E-state index < -0.39 is 0 Å². The standard InChI is InChI=1S/C19H26O3/c1-3-15-10-18(21-12-14-7-5-4-6-8-14)17-9-16(15)11-19(17)22-13-20-2/h3-8,15-19H,1,9-13H2,2H3/t15-,16+,17+,18-,19+/m0/s1. The van der Waals surface area contributed by atoms with Crippen LogP contribution in [0.3, 0.4) is 0 Å². The van der Waals surface area contributed by atoms with Crippen molar-refractivity contribution in [3.63, 3.8) is 0 Å². The second-order valence-electron chi connectivity index (χ2n) is 6.48. The molecule has 0 radical (unpaired) electrons. The van der Waals surface area contributed by atoms with Crippen LogP contribution in [0.15, 0.2) is 43.0 Å². The molecule has 3 rings (SSSR count). The fraction of sp³-hybridized carbons (Fsp3) is 0.579. The summed E-state index contributed by atoms with van der Waals surface area (Å²) in [6.45, 7) is 5.07. The quantitative estimate of drug-likeness (QED) is 0.566. The Morgan fingerprint density at radius 3 is 2.59 bits per heavy atom. The van der Waals surface area contributed by atoms with Gasteiger partial charge in [-0.2, -0.15) is 0 Å². The molecule has 0 unspecified atom stereocenters. The highest BCUT2D eigenvalue weighted by atomic mass is 16.7. The maximum absolute atomic E-state index is 6.27. The number of methoxy groups -OCH3 is 1. The molecule has 1 aromatic rings. The zero-order valence-electron chi connectivity index (χ0n) is 13.3. The zero-order chi connectivity index (χ0) is 15.4. The van der Waals surface area contributed by atoms with Crippen molar-refractivity contribution in [1.29, 1.82) is 0 Å². The Kier molecular flexibility index (Phi) is 5.29. The molecule has 22 heavy (non-hydrogen) atoms. The minimum atomic E-state index is 0.254. The van der Waals surface area contributed by atoms with Gasteiger partial charge in [0, 0.05) is 13.0 Å².